The van der Waals surface area contributed by atoms with Crippen molar-refractivity contribution < 1.29 is 9.13 Å². The smallest absolute Gasteiger partial charge is 0.130 e. The second kappa shape index (κ2) is 5.36. The molecule has 0 radical (unpaired) electrons. The highest BCUT2D eigenvalue weighted by molar-refractivity contribution is 7.80. The lowest BCUT2D eigenvalue weighted by Crippen LogP contribution is -2.10. The third kappa shape index (κ3) is 3.09. The van der Waals surface area contributed by atoms with E-state index in [0.29, 0.717) is 16.5 Å². The van der Waals surface area contributed by atoms with Gasteiger partial charge >= 0.3 is 0 Å². The van der Waals surface area contributed by atoms with Crippen molar-refractivity contribution in [2.24, 2.45) is 5.73 Å². The van der Waals surface area contributed by atoms with Gasteiger partial charge in [-0.05, 0) is 61.4 Å². The first kappa shape index (κ1) is 13.5. The molecule has 0 aliphatic heterocycles. The van der Waals surface area contributed by atoms with Gasteiger partial charge < -0.3 is 10.5 Å². The normalized spacial score (nSPS) is 10.3. The Morgan fingerprint density at radius 3 is 2.42 bits per heavy atom. The number of aryl methyl sites for hydroxylation is 2. The van der Waals surface area contributed by atoms with Gasteiger partial charge in [0.15, 0.2) is 0 Å². The number of hydrogen-bond donors (Lipinski definition) is 1. The number of rotatable bonds is 3. The first-order chi connectivity index (χ1) is 8.97. The van der Waals surface area contributed by atoms with E-state index in [-0.39, 0.29) is 5.82 Å². The molecule has 0 bridgehead atoms. The molecule has 0 atom stereocenters. The molecule has 2 N–H and O–H groups in total. The fraction of sp³-hybridized carbons (Fsp3) is 0.133. The van der Waals surface area contributed by atoms with Gasteiger partial charge in [-0.2, -0.15) is 0 Å². The Bertz CT molecular complexity index is 640. The molecule has 0 heterocycles. The summed E-state index contributed by atoms with van der Waals surface area (Å²) in [5, 5.41) is 0. The minimum absolute atomic E-state index is 0.273. The second-order valence-corrected chi connectivity index (χ2v) is 4.79. The molecule has 0 unspecified atom stereocenters. The molecule has 0 amide bonds. The standard InChI is InChI=1S/C15H14FNOS/c1-9-8-12(4-5-13(9)15(17)19)18-14-6-3-11(16)7-10(14)2/h3-8H,1-2H3,(H2,17,19). The van der Waals surface area contributed by atoms with Crippen molar-refractivity contribution in [3.05, 3.63) is 58.9 Å². The first-order valence-electron chi connectivity index (χ1n) is 5.82. The van der Waals surface area contributed by atoms with Gasteiger partial charge in [-0.15, -0.1) is 0 Å². The van der Waals surface area contributed by atoms with Gasteiger partial charge in [0, 0.05) is 5.56 Å². The predicted octanol–water partition coefficient (Wildman–Crippen LogP) is 3.87. The van der Waals surface area contributed by atoms with Crippen molar-refractivity contribution in [1.29, 1.82) is 0 Å². The highest BCUT2D eigenvalue weighted by Gasteiger charge is 2.06. The van der Waals surface area contributed by atoms with Crippen LogP contribution in [0.1, 0.15) is 16.7 Å². The van der Waals surface area contributed by atoms with Crippen LogP contribution in [-0.2, 0) is 0 Å². The van der Waals surface area contributed by atoms with E-state index in [1.54, 1.807) is 19.1 Å². The summed E-state index contributed by atoms with van der Waals surface area (Å²) >= 11 is 4.95. The van der Waals surface area contributed by atoms with Gasteiger partial charge in [-0.3, -0.25) is 0 Å². The molecule has 0 fully saturated rings. The molecule has 0 aliphatic carbocycles. The Labute approximate surface area is 117 Å². The van der Waals surface area contributed by atoms with E-state index in [1.807, 2.05) is 19.1 Å². The van der Waals surface area contributed by atoms with E-state index in [4.69, 9.17) is 22.7 Å². The van der Waals surface area contributed by atoms with Gasteiger partial charge in [0.2, 0.25) is 0 Å². The van der Waals surface area contributed by atoms with E-state index in [1.165, 1.54) is 12.1 Å². The van der Waals surface area contributed by atoms with Crippen LogP contribution in [-0.4, -0.2) is 4.99 Å². The molecule has 2 nitrogen and oxygen atoms in total. The number of benzene rings is 2. The van der Waals surface area contributed by atoms with Crippen LogP contribution in [0.25, 0.3) is 0 Å². The second-order valence-electron chi connectivity index (χ2n) is 4.35. The highest BCUT2D eigenvalue weighted by Crippen LogP contribution is 2.27. The number of hydrogen-bond acceptors (Lipinski definition) is 2. The minimum atomic E-state index is -0.273. The van der Waals surface area contributed by atoms with Crippen LogP contribution in [0.2, 0.25) is 0 Å². The predicted molar refractivity (Wildman–Crippen MR) is 78.3 cm³/mol. The SMILES string of the molecule is Cc1cc(F)ccc1Oc1ccc(C(N)=S)c(C)c1. The highest BCUT2D eigenvalue weighted by atomic mass is 32.1. The zero-order valence-electron chi connectivity index (χ0n) is 10.7. The zero-order valence-corrected chi connectivity index (χ0v) is 11.6. The molecule has 0 spiro atoms. The van der Waals surface area contributed by atoms with Crippen molar-refractivity contribution >= 4 is 17.2 Å². The van der Waals surface area contributed by atoms with Gasteiger partial charge in [0.05, 0.1) is 0 Å². The molecule has 19 heavy (non-hydrogen) atoms. The third-order valence-electron chi connectivity index (χ3n) is 2.83. The maximum atomic E-state index is 13.0. The van der Waals surface area contributed by atoms with Crippen molar-refractivity contribution in [2.45, 2.75) is 13.8 Å². The number of thiocarbonyl (C=S) groups is 1. The topological polar surface area (TPSA) is 35.2 Å². The third-order valence-corrected chi connectivity index (χ3v) is 3.05. The quantitative estimate of drug-likeness (QED) is 0.864. The van der Waals surface area contributed by atoms with Gasteiger partial charge in [-0.1, -0.05) is 12.2 Å². The molecule has 4 heteroatoms. The molecule has 98 valence electrons. The maximum Gasteiger partial charge on any atom is 0.130 e. The number of ether oxygens (including phenoxy) is 1. The van der Waals surface area contributed by atoms with Crippen molar-refractivity contribution in [3.8, 4) is 11.5 Å². The Balaban J connectivity index is 2.29. The zero-order chi connectivity index (χ0) is 14.0. The average molecular weight is 275 g/mol. The summed E-state index contributed by atoms with van der Waals surface area (Å²) in [4.78, 5) is 0.363. The summed E-state index contributed by atoms with van der Waals surface area (Å²) < 4.78 is 18.7. The van der Waals surface area contributed by atoms with Crippen LogP contribution in [0.4, 0.5) is 4.39 Å². The lowest BCUT2D eigenvalue weighted by Gasteiger charge is -2.11. The lowest BCUT2D eigenvalue weighted by molar-refractivity contribution is 0.476. The van der Waals surface area contributed by atoms with Crippen molar-refractivity contribution in [3.63, 3.8) is 0 Å². The summed E-state index contributed by atoms with van der Waals surface area (Å²) in [6, 6.07) is 9.90. The Morgan fingerprint density at radius 2 is 1.84 bits per heavy atom. The Kier molecular flexibility index (Phi) is 3.81. The van der Waals surface area contributed by atoms with Crippen LogP contribution in [0.15, 0.2) is 36.4 Å². The fourth-order valence-corrected chi connectivity index (χ4v) is 2.06. The van der Waals surface area contributed by atoms with E-state index >= 15 is 0 Å². The van der Waals surface area contributed by atoms with Crippen molar-refractivity contribution in [1.82, 2.24) is 0 Å². The van der Waals surface area contributed by atoms with Crippen LogP contribution in [0.3, 0.4) is 0 Å². The van der Waals surface area contributed by atoms with Crippen LogP contribution in [0, 0.1) is 19.7 Å². The molecule has 2 aromatic carbocycles. The van der Waals surface area contributed by atoms with Gasteiger partial charge in [0.25, 0.3) is 0 Å². The first-order valence-corrected chi connectivity index (χ1v) is 6.22. The van der Waals surface area contributed by atoms with E-state index in [9.17, 15) is 4.39 Å². The van der Waals surface area contributed by atoms with E-state index in [0.717, 1.165) is 16.7 Å². The lowest BCUT2D eigenvalue weighted by atomic mass is 10.1. The largest absolute Gasteiger partial charge is 0.457 e. The van der Waals surface area contributed by atoms with Gasteiger partial charge in [0.1, 0.15) is 22.3 Å². The maximum absolute atomic E-state index is 13.0. The molecule has 2 aromatic rings. The number of halogens is 1. The molecular weight excluding hydrogens is 261 g/mol. The molecular formula is C15H14FNOS. The van der Waals surface area contributed by atoms with Crippen LogP contribution >= 0.6 is 12.2 Å². The average Bonchev–Trinajstić information content (AvgIpc) is 2.32. The molecule has 2 rings (SSSR count). The molecule has 0 aromatic heterocycles. The number of nitrogens with two attached hydrogens (primary N) is 1. The summed E-state index contributed by atoms with van der Waals surface area (Å²) in [6.07, 6.45) is 0. The Hall–Kier alpha value is -1.94. The van der Waals surface area contributed by atoms with E-state index < -0.39 is 0 Å². The summed E-state index contributed by atoms with van der Waals surface area (Å²) in [7, 11) is 0. The minimum Gasteiger partial charge on any atom is -0.457 e. The van der Waals surface area contributed by atoms with Gasteiger partial charge in [-0.25, -0.2) is 4.39 Å². The summed E-state index contributed by atoms with van der Waals surface area (Å²) in [5.41, 5.74) is 8.13. The van der Waals surface area contributed by atoms with E-state index in [2.05, 4.69) is 0 Å². The van der Waals surface area contributed by atoms with Crippen LogP contribution < -0.4 is 10.5 Å². The molecule has 0 saturated heterocycles. The van der Waals surface area contributed by atoms with Crippen LogP contribution in [0.5, 0.6) is 11.5 Å². The summed E-state index contributed by atoms with van der Waals surface area (Å²) in [6.45, 7) is 3.72. The summed E-state index contributed by atoms with van der Waals surface area (Å²) in [5.74, 6) is 1.03. The fourth-order valence-electron chi connectivity index (χ4n) is 1.83. The Morgan fingerprint density at radius 1 is 1.11 bits per heavy atom. The monoisotopic (exact) mass is 275 g/mol. The molecule has 0 saturated carbocycles. The molecule has 0 aliphatic rings. The van der Waals surface area contributed by atoms with Crippen molar-refractivity contribution in [2.75, 3.05) is 0 Å².